The van der Waals surface area contributed by atoms with E-state index in [0.29, 0.717) is 10.7 Å². The van der Waals surface area contributed by atoms with E-state index in [4.69, 9.17) is 17.3 Å². The number of halogens is 1. The van der Waals surface area contributed by atoms with Gasteiger partial charge in [0, 0.05) is 5.56 Å². The Balaban J connectivity index is 2.33. The SMILES string of the molecule is Nc1cc2cccc3c2c(c1Cl)-c1ccccc1-3. The van der Waals surface area contributed by atoms with Crippen LogP contribution < -0.4 is 5.73 Å². The van der Waals surface area contributed by atoms with E-state index in [2.05, 4.69) is 36.4 Å². The molecule has 0 saturated carbocycles. The smallest absolute Gasteiger partial charge is 0.0720 e. The van der Waals surface area contributed by atoms with E-state index in [-0.39, 0.29) is 0 Å². The molecule has 0 bridgehead atoms. The zero-order valence-corrected chi connectivity index (χ0v) is 10.3. The Labute approximate surface area is 110 Å². The normalized spacial score (nSPS) is 11.8. The summed E-state index contributed by atoms with van der Waals surface area (Å²) in [6.45, 7) is 0. The van der Waals surface area contributed by atoms with Gasteiger partial charge in [-0.15, -0.1) is 0 Å². The summed E-state index contributed by atoms with van der Waals surface area (Å²) in [6, 6.07) is 16.6. The third-order valence-electron chi connectivity index (χ3n) is 3.62. The molecule has 0 aromatic heterocycles. The lowest BCUT2D eigenvalue weighted by molar-refractivity contribution is 1.69. The zero-order valence-electron chi connectivity index (χ0n) is 9.57. The monoisotopic (exact) mass is 251 g/mol. The van der Waals surface area contributed by atoms with Crippen molar-refractivity contribution in [2.45, 2.75) is 0 Å². The van der Waals surface area contributed by atoms with Crippen molar-refractivity contribution in [3.05, 3.63) is 53.6 Å². The number of hydrogen-bond acceptors (Lipinski definition) is 1. The Morgan fingerprint density at radius 3 is 2.39 bits per heavy atom. The first kappa shape index (κ1) is 9.98. The lowest BCUT2D eigenvalue weighted by Crippen LogP contribution is -1.88. The standard InChI is InChI=1S/C16H10ClN/c17-16-13(18)8-9-4-3-7-11-10-5-1-2-6-12(10)15(16)14(9)11/h1-8H,18H2. The molecule has 3 aromatic carbocycles. The van der Waals surface area contributed by atoms with Gasteiger partial charge in [-0.3, -0.25) is 0 Å². The van der Waals surface area contributed by atoms with Gasteiger partial charge >= 0.3 is 0 Å². The highest BCUT2D eigenvalue weighted by molar-refractivity contribution is 6.39. The molecule has 0 unspecified atom stereocenters. The van der Waals surface area contributed by atoms with E-state index in [9.17, 15) is 0 Å². The molecule has 0 atom stereocenters. The maximum atomic E-state index is 6.41. The quantitative estimate of drug-likeness (QED) is 0.450. The van der Waals surface area contributed by atoms with Crippen molar-refractivity contribution in [3.8, 4) is 22.3 Å². The van der Waals surface area contributed by atoms with E-state index in [1.54, 1.807) is 0 Å². The molecule has 0 heterocycles. The molecular weight excluding hydrogens is 242 g/mol. The van der Waals surface area contributed by atoms with E-state index < -0.39 is 0 Å². The minimum atomic E-state index is 0.646. The van der Waals surface area contributed by atoms with Gasteiger partial charge in [0.2, 0.25) is 0 Å². The molecule has 2 heteroatoms. The van der Waals surface area contributed by atoms with E-state index in [1.807, 2.05) is 12.1 Å². The molecule has 0 saturated heterocycles. The maximum Gasteiger partial charge on any atom is 0.0720 e. The second kappa shape index (κ2) is 3.27. The average molecular weight is 252 g/mol. The number of hydrogen-bond donors (Lipinski definition) is 1. The second-order valence-electron chi connectivity index (χ2n) is 4.60. The average Bonchev–Trinajstić information content (AvgIpc) is 2.73. The highest BCUT2D eigenvalue weighted by Gasteiger charge is 2.24. The fourth-order valence-corrected chi connectivity index (χ4v) is 3.12. The number of nitrogens with two attached hydrogens (primary N) is 1. The van der Waals surface area contributed by atoms with Crippen LogP contribution in [0.3, 0.4) is 0 Å². The van der Waals surface area contributed by atoms with Gasteiger partial charge in [-0.2, -0.15) is 0 Å². The molecule has 18 heavy (non-hydrogen) atoms. The van der Waals surface area contributed by atoms with Crippen molar-refractivity contribution in [1.82, 2.24) is 0 Å². The molecule has 0 amide bonds. The van der Waals surface area contributed by atoms with Gasteiger partial charge in [-0.1, -0.05) is 54.1 Å². The summed E-state index contributed by atoms with van der Waals surface area (Å²) in [6.07, 6.45) is 0. The summed E-state index contributed by atoms with van der Waals surface area (Å²) in [5, 5.41) is 3.04. The Morgan fingerprint density at radius 1 is 0.833 bits per heavy atom. The summed E-state index contributed by atoms with van der Waals surface area (Å²) < 4.78 is 0. The van der Waals surface area contributed by atoms with Crippen molar-refractivity contribution in [2.24, 2.45) is 0 Å². The van der Waals surface area contributed by atoms with Gasteiger partial charge in [-0.05, 0) is 33.5 Å². The summed E-state index contributed by atoms with van der Waals surface area (Å²) in [5.74, 6) is 0. The van der Waals surface area contributed by atoms with Crippen LogP contribution in [-0.4, -0.2) is 0 Å². The summed E-state index contributed by atoms with van der Waals surface area (Å²) in [5.41, 5.74) is 11.4. The molecule has 3 aromatic rings. The van der Waals surface area contributed by atoms with Crippen LogP contribution in [0.25, 0.3) is 33.0 Å². The predicted octanol–water partition coefficient (Wildman–Crippen LogP) is 4.72. The number of rotatable bonds is 0. The number of fused-ring (bicyclic) bond motifs is 3. The number of benzene rings is 3. The zero-order chi connectivity index (χ0) is 12.3. The van der Waals surface area contributed by atoms with Crippen LogP contribution in [0.2, 0.25) is 5.02 Å². The third kappa shape index (κ3) is 1.07. The third-order valence-corrected chi connectivity index (χ3v) is 4.02. The van der Waals surface area contributed by atoms with Crippen molar-refractivity contribution in [3.63, 3.8) is 0 Å². The Bertz CT molecular complexity index is 806. The summed E-state index contributed by atoms with van der Waals surface area (Å²) in [4.78, 5) is 0. The summed E-state index contributed by atoms with van der Waals surface area (Å²) in [7, 11) is 0. The van der Waals surface area contributed by atoms with Crippen molar-refractivity contribution >= 4 is 28.1 Å². The molecule has 1 aliphatic rings. The lowest BCUT2D eigenvalue weighted by atomic mass is 10.0. The molecule has 0 aliphatic heterocycles. The first-order valence-electron chi connectivity index (χ1n) is 5.88. The predicted molar refractivity (Wildman–Crippen MR) is 77.8 cm³/mol. The van der Waals surface area contributed by atoms with Crippen LogP contribution in [-0.2, 0) is 0 Å². The van der Waals surface area contributed by atoms with Crippen LogP contribution in [0, 0.1) is 0 Å². The van der Waals surface area contributed by atoms with Gasteiger partial charge in [-0.25, -0.2) is 0 Å². The van der Waals surface area contributed by atoms with Crippen LogP contribution in [0.1, 0.15) is 0 Å². The largest absolute Gasteiger partial charge is 0.397 e. The van der Waals surface area contributed by atoms with E-state index in [1.165, 1.54) is 22.1 Å². The van der Waals surface area contributed by atoms with Crippen LogP contribution in [0.15, 0.2) is 48.5 Å². The van der Waals surface area contributed by atoms with Crippen molar-refractivity contribution in [2.75, 3.05) is 5.73 Å². The second-order valence-corrected chi connectivity index (χ2v) is 4.98. The van der Waals surface area contributed by atoms with Crippen molar-refractivity contribution < 1.29 is 0 Å². The topological polar surface area (TPSA) is 26.0 Å². The minimum absolute atomic E-state index is 0.646. The Morgan fingerprint density at radius 2 is 1.56 bits per heavy atom. The van der Waals surface area contributed by atoms with Crippen LogP contribution in [0.5, 0.6) is 0 Å². The van der Waals surface area contributed by atoms with Crippen LogP contribution >= 0.6 is 11.6 Å². The molecule has 1 nitrogen and oxygen atoms in total. The summed E-state index contributed by atoms with van der Waals surface area (Å²) >= 11 is 6.41. The number of anilines is 1. The lowest BCUT2D eigenvalue weighted by Gasteiger charge is -2.07. The fraction of sp³-hybridized carbons (Fsp3) is 0. The first-order chi connectivity index (χ1) is 8.77. The molecule has 4 rings (SSSR count). The molecule has 2 N–H and O–H groups in total. The first-order valence-corrected chi connectivity index (χ1v) is 6.25. The molecular formula is C16H10ClN. The molecule has 86 valence electrons. The van der Waals surface area contributed by atoms with Gasteiger partial charge in [0.1, 0.15) is 0 Å². The molecule has 1 aliphatic carbocycles. The van der Waals surface area contributed by atoms with Crippen molar-refractivity contribution in [1.29, 1.82) is 0 Å². The Kier molecular flexibility index (Phi) is 1.81. The van der Waals surface area contributed by atoms with Gasteiger partial charge in [0.25, 0.3) is 0 Å². The molecule has 0 spiro atoms. The molecule has 0 fully saturated rings. The minimum Gasteiger partial charge on any atom is -0.397 e. The van der Waals surface area contributed by atoms with Crippen LogP contribution in [0.4, 0.5) is 5.69 Å². The highest BCUT2D eigenvalue weighted by atomic mass is 35.5. The maximum absolute atomic E-state index is 6.41. The van der Waals surface area contributed by atoms with E-state index >= 15 is 0 Å². The highest BCUT2D eigenvalue weighted by Crippen LogP contribution is 2.51. The Hall–Kier alpha value is -1.99. The van der Waals surface area contributed by atoms with Gasteiger partial charge in [0.15, 0.2) is 0 Å². The number of nitrogen functional groups attached to an aromatic ring is 1. The fourth-order valence-electron chi connectivity index (χ4n) is 2.87. The molecule has 0 radical (unpaired) electrons. The van der Waals surface area contributed by atoms with E-state index in [0.717, 1.165) is 10.9 Å². The van der Waals surface area contributed by atoms with Gasteiger partial charge < -0.3 is 5.73 Å². The van der Waals surface area contributed by atoms with Gasteiger partial charge in [0.05, 0.1) is 10.7 Å².